The Labute approximate surface area is 200 Å². The molecule has 0 aliphatic carbocycles. The van der Waals surface area contributed by atoms with Crippen molar-refractivity contribution in [2.45, 2.75) is 51.0 Å². The quantitative estimate of drug-likeness (QED) is 0.415. The van der Waals surface area contributed by atoms with Gasteiger partial charge >= 0.3 is 5.97 Å². The molecule has 0 aliphatic heterocycles. The molecule has 2 aromatic rings. The van der Waals surface area contributed by atoms with Gasteiger partial charge < -0.3 is 15.4 Å². The molecule has 184 valence electrons. The lowest BCUT2D eigenvalue weighted by atomic mass is 10.0. The third-order valence-electron chi connectivity index (χ3n) is 4.90. The van der Waals surface area contributed by atoms with Gasteiger partial charge in [0.15, 0.2) is 6.61 Å². The maximum Gasteiger partial charge on any atom is 0.324 e. The lowest BCUT2D eigenvalue weighted by Gasteiger charge is -2.14. The number of carbonyl (C=O) groups excluding carboxylic acids is 3. The van der Waals surface area contributed by atoms with Gasteiger partial charge in [-0.1, -0.05) is 38.1 Å². The van der Waals surface area contributed by atoms with Crippen molar-refractivity contribution in [2.24, 2.45) is 0 Å². The summed E-state index contributed by atoms with van der Waals surface area (Å²) in [5.74, 6) is -1.19. The Hall–Kier alpha value is -3.24. The van der Waals surface area contributed by atoms with E-state index in [9.17, 15) is 22.8 Å². The van der Waals surface area contributed by atoms with Gasteiger partial charge in [0.1, 0.15) is 6.04 Å². The number of carbonyl (C=O) groups is 3. The molecule has 9 nitrogen and oxygen atoms in total. The van der Waals surface area contributed by atoms with Crippen LogP contribution in [0, 0.1) is 0 Å². The predicted octanol–water partition coefficient (Wildman–Crippen LogP) is 2.34. The SMILES string of the molecule is CC(=O)Nc1ccc(S(=O)(=O)N[C@@H](C)C(=O)OCC(=O)NCCc2ccc(C(C)C)cc2)cc1. The Morgan fingerprint density at radius 2 is 1.56 bits per heavy atom. The Morgan fingerprint density at radius 1 is 0.941 bits per heavy atom. The highest BCUT2D eigenvalue weighted by Crippen LogP contribution is 2.15. The second-order valence-corrected chi connectivity index (χ2v) is 9.87. The van der Waals surface area contributed by atoms with Gasteiger partial charge in [0.25, 0.3) is 5.91 Å². The molecule has 0 spiro atoms. The van der Waals surface area contributed by atoms with E-state index in [4.69, 9.17) is 4.74 Å². The summed E-state index contributed by atoms with van der Waals surface area (Å²) in [6.45, 7) is 6.77. The van der Waals surface area contributed by atoms with Gasteiger partial charge in [-0.15, -0.1) is 0 Å². The minimum Gasteiger partial charge on any atom is -0.454 e. The van der Waals surface area contributed by atoms with Crippen molar-refractivity contribution in [2.75, 3.05) is 18.5 Å². The van der Waals surface area contributed by atoms with Crippen molar-refractivity contribution in [3.63, 3.8) is 0 Å². The summed E-state index contributed by atoms with van der Waals surface area (Å²) in [6, 6.07) is 12.4. The molecule has 34 heavy (non-hydrogen) atoms. The molecule has 0 aliphatic rings. The molecular weight excluding hydrogens is 458 g/mol. The number of benzene rings is 2. The molecule has 3 N–H and O–H groups in total. The molecule has 0 radical (unpaired) electrons. The number of esters is 1. The molecule has 1 atom stereocenters. The summed E-state index contributed by atoms with van der Waals surface area (Å²) >= 11 is 0. The molecule has 0 saturated carbocycles. The number of sulfonamides is 1. The average molecular weight is 490 g/mol. The summed E-state index contributed by atoms with van der Waals surface area (Å²) in [6.07, 6.45) is 0.634. The van der Waals surface area contributed by atoms with Gasteiger partial charge in [-0.05, 0) is 54.7 Å². The van der Waals surface area contributed by atoms with Crippen LogP contribution in [0.4, 0.5) is 5.69 Å². The zero-order chi connectivity index (χ0) is 25.3. The predicted molar refractivity (Wildman–Crippen MR) is 129 cm³/mol. The van der Waals surface area contributed by atoms with E-state index in [1.54, 1.807) is 0 Å². The van der Waals surface area contributed by atoms with E-state index in [1.807, 2.05) is 12.1 Å². The summed E-state index contributed by atoms with van der Waals surface area (Å²) in [4.78, 5) is 35.1. The van der Waals surface area contributed by atoms with Crippen LogP contribution in [0.2, 0.25) is 0 Å². The van der Waals surface area contributed by atoms with E-state index in [2.05, 4.69) is 41.3 Å². The van der Waals surface area contributed by atoms with Crippen molar-refractivity contribution in [3.8, 4) is 0 Å². The number of hydrogen-bond acceptors (Lipinski definition) is 6. The van der Waals surface area contributed by atoms with Crippen molar-refractivity contribution < 1.29 is 27.5 Å². The van der Waals surface area contributed by atoms with Crippen LogP contribution >= 0.6 is 0 Å². The molecular formula is C24H31N3O6S. The van der Waals surface area contributed by atoms with Crippen molar-refractivity contribution >= 4 is 33.5 Å². The largest absolute Gasteiger partial charge is 0.454 e. The maximum absolute atomic E-state index is 12.5. The summed E-state index contributed by atoms with van der Waals surface area (Å²) < 4.78 is 32.1. The molecule has 0 heterocycles. The van der Waals surface area contributed by atoms with Crippen molar-refractivity contribution in [3.05, 3.63) is 59.7 Å². The summed E-state index contributed by atoms with van der Waals surface area (Å²) in [5.41, 5.74) is 2.76. The van der Waals surface area contributed by atoms with Gasteiger partial charge in [-0.25, -0.2) is 8.42 Å². The molecule has 0 bridgehead atoms. The first kappa shape index (κ1) is 27.0. The zero-order valence-electron chi connectivity index (χ0n) is 19.8. The van der Waals surface area contributed by atoms with E-state index < -0.39 is 34.5 Å². The summed E-state index contributed by atoms with van der Waals surface area (Å²) in [7, 11) is -4.01. The Balaban J connectivity index is 1.76. The van der Waals surface area contributed by atoms with Crippen molar-refractivity contribution in [1.82, 2.24) is 10.0 Å². The fraction of sp³-hybridized carbons (Fsp3) is 0.375. The minimum atomic E-state index is -4.01. The lowest BCUT2D eigenvalue weighted by molar-refractivity contribution is -0.149. The van der Waals surface area contributed by atoms with Gasteiger partial charge in [-0.2, -0.15) is 4.72 Å². The Morgan fingerprint density at radius 3 is 2.12 bits per heavy atom. The zero-order valence-corrected chi connectivity index (χ0v) is 20.6. The molecule has 2 aromatic carbocycles. The number of amides is 2. The normalized spacial score (nSPS) is 12.1. The second-order valence-electron chi connectivity index (χ2n) is 8.15. The third kappa shape index (κ3) is 8.60. The smallest absolute Gasteiger partial charge is 0.324 e. The highest BCUT2D eigenvalue weighted by molar-refractivity contribution is 7.89. The van der Waals surface area contributed by atoms with Crippen LogP contribution in [0.3, 0.4) is 0 Å². The second kappa shape index (κ2) is 12.3. The van der Waals surface area contributed by atoms with Gasteiger partial charge in [0.2, 0.25) is 15.9 Å². The van der Waals surface area contributed by atoms with Crippen LogP contribution in [0.25, 0.3) is 0 Å². The molecule has 0 aromatic heterocycles. The van der Waals surface area contributed by atoms with Gasteiger partial charge in [0, 0.05) is 19.2 Å². The third-order valence-corrected chi connectivity index (χ3v) is 6.45. The first-order chi connectivity index (χ1) is 16.0. The number of rotatable bonds is 11. The van der Waals surface area contributed by atoms with E-state index in [0.717, 1.165) is 5.56 Å². The van der Waals surface area contributed by atoms with E-state index in [0.29, 0.717) is 24.6 Å². The molecule has 0 unspecified atom stereocenters. The fourth-order valence-electron chi connectivity index (χ4n) is 3.00. The van der Waals surface area contributed by atoms with Crippen LogP contribution < -0.4 is 15.4 Å². The van der Waals surface area contributed by atoms with Crippen LogP contribution in [-0.4, -0.2) is 45.4 Å². The number of ether oxygens (including phenoxy) is 1. The van der Waals surface area contributed by atoms with Crippen LogP contribution in [-0.2, 0) is 35.6 Å². The van der Waals surface area contributed by atoms with Gasteiger partial charge in [0.05, 0.1) is 4.90 Å². The summed E-state index contributed by atoms with van der Waals surface area (Å²) in [5, 5.41) is 5.20. The molecule has 0 saturated heterocycles. The highest BCUT2D eigenvalue weighted by atomic mass is 32.2. The number of hydrogen-bond donors (Lipinski definition) is 3. The number of nitrogens with one attached hydrogen (secondary N) is 3. The van der Waals surface area contributed by atoms with Gasteiger partial charge in [-0.3, -0.25) is 14.4 Å². The first-order valence-corrected chi connectivity index (χ1v) is 12.4. The number of anilines is 1. The average Bonchev–Trinajstić information content (AvgIpc) is 2.77. The van der Waals surface area contributed by atoms with Crippen LogP contribution in [0.15, 0.2) is 53.4 Å². The lowest BCUT2D eigenvalue weighted by Crippen LogP contribution is -2.41. The molecule has 0 fully saturated rings. The van der Waals surface area contributed by atoms with E-state index in [1.165, 1.54) is 43.7 Å². The maximum atomic E-state index is 12.5. The minimum absolute atomic E-state index is 0.0829. The standard InChI is InChI=1S/C24H31N3O6S/c1-16(2)20-7-5-19(6-8-20)13-14-25-23(29)15-33-24(30)17(3)27-34(31,32)22-11-9-21(10-12-22)26-18(4)28/h5-12,16-17,27H,13-15H2,1-4H3,(H,25,29)(H,26,28)/t17-/m0/s1. The van der Waals surface area contributed by atoms with Crippen LogP contribution in [0.1, 0.15) is 44.7 Å². The Bertz CT molecular complexity index is 1100. The Kier molecular flexibility index (Phi) is 9.76. The molecule has 2 rings (SSSR count). The van der Waals surface area contributed by atoms with E-state index in [-0.39, 0.29) is 10.8 Å². The fourth-order valence-corrected chi connectivity index (χ4v) is 4.19. The topological polar surface area (TPSA) is 131 Å². The molecule has 2 amide bonds. The highest BCUT2D eigenvalue weighted by Gasteiger charge is 2.23. The monoisotopic (exact) mass is 489 g/mol. The first-order valence-electron chi connectivity index (χ1n) is 10.9. The van der Waals surface area contributed by atoms with E-state index >= 15 is 0 Å². The van der Waals surface area contributed by atoms with Crippen molar-refractivity contribution in [1.29, 1.82) is 0 Å². The van der Waals surface area contributed by atoms with Crippen LogP contribution in [0.5, 0.6) is 0 Å². The molecule has 10 heteroatoms.